The Morgan fingerprint density at radius 3 is 2.59 bits per heavy atom. The molecule has 4 aromatic rings. The Morgan fingerprint density at radius 1 is 1.11 bits per heavy atom. The first-order chi connectivity index (χ1) is 13.0. The molecular weight excluding hydrogens is 360 g/mol. The van der Waals surface area contributed by atoms with Gasteiger partial charge in [-0.3, -0.25) is 0 Å². The van der Waals surface area contributed by atoms with E-state index in [1.165, 1.54) is 0 Å². The molecular formula is C22H19ClN2O2. The number of carboxylic acids is 1. The molecule has 4 nitrogen and oxygen atoms in total. The Morgan fingerprint density at radius 2 is 1.89 bits per heavy atom. The van der Waals surface area contributed by atoms with E-state index in [9.17, 15) is 9.90 Å². The number of hydrogen-bond acceptors (Lipinski definition) is 2. The van der Waals surface area contributed by atoms with Crippen LogP contribution in [0.5, 0.6) is 0 Å². The van der Waals surface area contributed by atoms with Gasteiger partial charge in [-0.25, -0.2) is 9.78 Å². The second-order valence-corrected chi connectivity index (χ2v) is 7.42. The highest BCUT2D eigenvalue weighted by Gasteiger charge is 2.20. The van der Waals surface area contributed by atoms with E-state index < -0.39 is 5.97 Å². The molecule has 27 heavy (non-hydrogen) atoms. The summed E-state index contributed by atoms with van der Waals surface area (Å²) in [6.45, 7) is 4.71. The lowest BCUT2D eigenvalue weighted by atomic mass is 10.0. The predicted octanol–water partition coefficient (Wildman–Crippen LogP) is 5.71. The quantitative estimate of drug-likeness (QED) is 0.494. The van der Waals surface area contributed by atoms with Crippen molar-refractivity contribution in [1.29, 1.82) is 0 Å². The van der Waals surface area contributed by atoms with Crippen LogP contribution in [0, 0.1) is 0 Å². The summed E-state index contributed by atoms with van der Waals surface area (Å²) in [7, 11) is 0. The minimum absolute atomic E-state index is 0.0804. The number of hydrogen-bond donors (Lipinski definition) is 1. The molecule has 5 heteroatoms. The SMILES string of the molecule is CC(C)c1nc(C(=O)O)cc2c3ccccc3n(Cc3cccc(Cl)c3)c12. The number of para-hydroxylation sites is 1. The summed E-state index contributed by atoms with van der Waals surface area (Å²) in [5.74, 6) is -0.917. The average molecular weight is 379 g/mol. The number of nitrogens with zero attached hydrogens (tertiary/aromatic N) is 2. The Bertz CT molecular complexity index is 1180. The molecule has 0 unspecified atom stereocenters. The van der Waals surface area contributed by atoms with E-state index in [1.54, 1.807) is 6.07 Å². The molecule has 0 fully saturated rings. The molecule has 0 spiro atoms. The summed E-state index contributed by atoms with van der Waals surface area (Å²) >= 11 is 6.17. The standard InChI is InChI=1S/C22H19ClN2O2/c1-13(2)20-21-17(11-18(24-20)22(26)27)16-8-3-4-9-19(16)25(21)12-14-6-5-7-15(23)10-14/h3-11,13H,12H2,1-2H3,(H,26,27). The fourth-order valence-corrected chi connectivity index (χ4v) is 3.81. The summed E-state index contributed by atoms with van der Waals surface area (Å²) in [6.07, 6.45) is 0. The van der Waals surface area contributed by atoms with Crippen LogP contribution in [0.25, 0.3) is 21.8 Å². The van der Waals surface area contributed by atoms with E-state index in [0.29, 0.717) is 11.6 Å². The largest absolute Gasteiger partial charge is 0.477 e. The van der Waals surface area contributed by atoms with Crippen molar-refractivity contribution in [2.45, 2.75) is 26.3 Å². The first-order valence-electron chi connectivity index (χ1n) is 8.85. The maximum atomic E-state index is 11.6. The lowest BCUT2D eigenvalue weighted by molar-refractivity contribution is 0.0690. The normalized spacial score (nSPS) is 11.6. The van der Waals surface area contributed by atoms with Crippen molar-refractivity contribution in [1.82, 2.24) is 9.55 Å². The van der Waals surface area contributed by atoms with E-state index >= 15 is 0 Å². The van der Waals surface area contributed by atoms with Crippen molar-refractivity contribution in [3.05, 3.63) is 76.6 Å². The van der Waals surface area contributed by atoms with Crippen molar-refractivity contribution in [2.75, 3.05) is 0 Å². The monoisotopic (exact) mass is 378 g/mol. The molecule has 0 aliphatic heterocycles. The van der Waals surface area contributed by atoms with Gasteiger partial charge in [0, 0.05) is 27.9 Å². The second kappa shape index (κ2) is 6.71. The molecule has 2 aromatic heterocycles. The maximum Gasteiger partial charge on any atom is 0.354 e. The van der Waals surface area contributed by atoms with Crippen molar-refractivity contribution in [3.63, 3.8) is 0 Å². The molecule has 1 N–H and O–H groups in total. The summed E-state index contributed by atoms with van der Waals surface area (Å²) < 4.78 is 2.21. The number of aromatic carboxylic acids is 1. The molecule has 0 bridgehead atoms. The van der Waals surface area contributed by atoms with E-state index in [1.807, 2.05) is 56.3 Å². The molecule has 0 radical (unpaired) electrons. The lowest BCUT2D eigenvalue weighted by Gasteiger charge is -2.13. The minimum atomic E-state index is -1.01. The first kappa shape index (κ1) is 17.6. The average Bonchev–Trinajstić information content (AvgIpc) is 2.95. The molecule has 136 valence electrons. The number of benzene rings is 2. The predicted molar refractivity (Wildman–Crippen MR) is 109 cm³/mol. The summed E-state index contributed by atoms with van der Waals surface area (Å²) in [5, 5.41) is 12.2. The smallest absolute Gasteiger partial charge is 0.354 e. The number of fused-ring (bicyclic) bond motifs is 3. The van der Waals surface area contributed by atoms with Gasteiger partial charge in [-0.1, -0.05) is 55.8 Å². The highest BCUT2D eigenvalue weighted by molar-refractivity contribution is 6.30. The van der Waals surface area contributed by atoms with Crippen LogP contribution in [-0.2, 0) is 6.54 Å². The van der Waals surface area contributed by atoms with Gasteiger partial charge in [0.05, 0.1) is 11.2 Å². The Hall–Kier alpha value is -2.85. The number of carboxylic acid groups (broad SMARTS) is 1. The maximum absolute atomic E-state index is 11.6. The van der Waals surface area contributed by atoms with Gasteiger partial charge in [-0.05, 0) is 35.7 Å². The van der Waals surface area contributed by atoms with Gasteiger partial charge in [0.1, 0.15) is 5.69 Å². The van der Waals surface area contributed by atoms with Crippen molar-refractivity contribution in [2.24, 2.45) is 0 Å². The van der Waals surface area contributed by atoms with Gasteiger partial charge in [0.15, 0.2) is 0 Å². The summed E-state index contributed by atoms with van der Waals surface area (Å²) in [4.78, 5) is 16.1. The Balaban J connectivity index is 2.08. The second-order valence-electron chi connectivity index (χ2n) is 6.98. The van der Waals surface area contributed by atoms with Crippen LogP contribution in [0.1, 0.15) is 41.5 Å². The fraction of sp³-hybridized carbons (Fsp3) is 0.182. The van der Waals surface area contributed by atoms with Gasteiger partial charge >= 0.3 is 5.97 Å². The summed E-state index contributed by atoms with van der Waals surface area (Å²) in [5.41, 5.74) is 4.00. The third-order valence-electron chi connectivity index (χ3n) is 4.77. The number of carbonyl (C=O) groups is 1. The van der Waals surface area contributed by atoms with Gasteiger partial charge in [-0.15, -0.1) is 0 Å². The lowest BCUT2D eigenvalue weighted by Crippen LogP contribution is -2.08. The van der Waals surface area contributed by atoms with Gasteiger partial charge in [0.25, 0.3) is 0 Å². The zero-order valence-corrected chi connectivity index (χ0v) is 15.9. The molecule has 0 saturated carbocycles. The van der Waals surface area contributed by atoms with Gasteiger partial charge in [0.2, 0.25) is 0 Å². The highest BCUT2D eigenvalue weighted by Crippen LogP contribution is 2.34. The molecule has 2 aromatic carbocycles. The Labute approximate surface area is 162 Å². The van der Waals surface area contributed by atoms with Crippen LogP contribution < -0.4 is 0 Å². The van der Waals surface area contributed by atoms with Crippen LogP contribution in [0.15, 0.2) is 54.6 Å². The van der Waals surface area contributed by atoms with Crippen molar-refractivity contribution < 1.29 is 9.90 Å². The van der Waals surface area contributed by atoms with Crippen LogP contribution in [0.3, 0.4) is 0 Å². The molecule has 0 amide bonds. The highest BCUT2D eigenvalue weighted by atomic mass is 35.5. The third-order valence-corrected chi connectivity index (χ3v) is 5.01. The van der Waals surface area contributed by atoms with Crippen LogP contribution >= 0.6 is 11.6 Å². The molecule has 0 atom stereocenters. The fourth-order valence-electron chi connectivity index (χ4n) is 3.60. The zero-order valence-electron chi connectivity index (χ0n) is 15.1. The van der Waals surface area contributed by atoms with Crippen molar-refractivity contribution >= 4 is 39.4 Å². The van der Waals surface area contributed by atoms with Crippen LogP contribution in [0.2, 0.25) is 5.02 Å². The topological polar surface area (TPSA) is 55.1 Å². The Kier molecular flexibility index (Phi) is 4.36. The minimum Gasteiger partial charge on any atom is -0.477 e. The van der Waals surface area contributed by atoms with Crippen LogP contribution in [0.4, 0.5) is 0 Å². The molecule has 2 heterocycles. The zero-order chi connectivity index (χ0) is 19.1. The number of rotatable bonds is 4. The molecule has 4 rings (SSSR count). The molecule has 0 saturated heterocycles. The van der Waals surface area contributed by atoms with E-state index in [4.69, 9.17) is 11.6 Å². The van der Waals surface area contributed by atoms with Crippen molar-refractivity contribution in [3.8, 4) is 0 Å². The van der Waals surface area contributed by atoms with Gasteiger partial charge < -0.3 is 9.67 Å². The molecule has 0 aliphatic carbocycles. The van der Waals surface area contributed by atoms with E-state index in [2.05, 4.69) is 15.6 Å². The number of halogens is 1. The van der Waals surface area contributed by atoms with Crippen LogP contribution in [-0.4, -0.2) is 20.6 Å². The van der Waals surface area contributed by atoms with Gasteiger partial charge in [-0.2, -0.15) is 0 Å². The van der Waals surface area contributed by atoms with E-state index in [-0.39, 0.29) is 11.6 Å². The number of pyridine rings is 1. The molecule has 0 aliphatic rings. The first-order valence-corrected chi connectivity index (χ1v) is 9.23. The van der Waals surface area contributed by atoms with E-state index in [0.717, 1.165) is 33.1 Å². The number of aromatic nitrogens is 2. The third kappa shape index (κ3) is 3.06. The summed E-state index contributed by atoms with van der Waals surface area (Å²) in [6, 6.07) is 17.5.